The van der Waals surface area contributed by atoms with Crippen LogP contribution in [0.25, 0.3) is 0 Å². The standard InChI is InChI=1S/C21H28N2O/c1-3-20-10-6-13-22-14-12-21(19(20)22)16-7-4-5-8-17(16)23(15(2)24)18(21)9-11-20/h4-5,7-8,18-19H,3,6,9-14H2,1-2H3/t18-,19+,20+,21-/m1/s1. The molecule has 0 bridgehead atoms. The Bertz CT molecular complexity index is 701. The molecule has 3 nitrogen and oxygen atoms in total. The number of rotatable bonds is 1. The smallest absolute Gasteiger partial charge is 0.224 e. The molecule has 3 fully saturated rings. The molecule has 128 valence electrons. The van der Waals surface area contributed by atoms with E-state index in [0.29, 0.717) is 17.5 Å². The molecule has 4 atom stereocenters. The first-order chi connectivity index (χ1) is 11.6. The number of carbonyl (C=O) groups is 1. The van der Waals surface area contributed by atoms with Gasteiger partial charge in [-0.2, -0.15) is 0 Å². The average molecular weight is 324 g/mol. The lowest BCUT2D eigenvalue weighted by Gasteiger charge is -2.58. The summed E-state index contributed by atoms with van der Waals surface area (Å²) in [5, 5.41) is 0. The maximum absolute atomic E-state index is 12.6. The zero-order chi connectivity index (χ0) is 16.5. The molecule has 1 aromatic carbocycles. The number of hydrogen-bond acceptors (Lipinski definition) is 2. The van der Waals surface area contributed by atoms with Crippen molar-refractivity contribution in [3.05, 3.63) is 29.8 Å². The van der Waals surface area contributed by atoms with E-state index in [1.807, 2.05) is 0 Å². The molecule has 5 rings (SSSR count). The highest BCUT2D eigenvalue weighted by atomic mass is 16.2. The summed E-state index contributed by atoms with van der Waals surface area (Å²) in [6.45, 7) is 6.62. The Balaban J connectivity index is 1.75. The monoisotopic (exact) mass is 324 g/mol. The molecule has 0 unspecified atom stereocenters. The molecule has 0 radical (unpaired) electrons. The van der Waals surface area contributed by atoms with E-state index in [1.54, 1.807) is 6.92 Å². The van der Waals surface area contributed by atoms with Gasteiger partial charge in [0.15, 0.2) is 0 Å². The van der Waals surface area contributed by atoms with Crippen LogP contribution < -0.4 is 4.90 Å². The number of piperidine rings is 1. The SMILES string of the molecule is CC[C@]12CCCN3CC[C@]4(c5ccccc5N(C(C)=O)[C@@H]4CC1)[C@@H]32. The van der Waals surface area contributed by atoms with Crippen LogP contribution in [0.15, 0.2) is 24.3 Å². The second kappa shape index (κ2) is 4.85. The molecule has 0 N–H and O–H groups in total. The number of hydrogen-bond donors (Lipinski definition) is 0. The Morgan fingerprint density at radius 2 is 2.04 bits per heavy atom. The predicted molar refractivity (Wildman–Crippen MR) is 96.2 cm³/mol. The highest BCUT2D eigenvalue weighted by molar-refractivity contribution is 5.96. The predicted octanol–water partition coefficient (Wildman–Crippen LogP) is 3.72. The van der Waals surface area contributed by atoms with E-state index in [4.69, 9.17) is 0 Å². The first kappa shape index (κ1) is 14.9. The Morgan fingerprint density at radius 1 is 1.21 bits per heavy atom. The van der Waals surface area contributed by atoms with E-state index in [0.717, 1.165) is 0 Å². The second-order valence-corrected chi connectivity index (χ2v) is 8.51. The maximum atomic E-state index is 12.6. The summed E-state index contributed by atoms with van der Waals surface area (Å²) in [5.41, 5.74) is 3.31. The molecule has 24 heavy (non-hydrogen) atoms. The van der Waals surface area contributed by atoms with Crippen molar-refractivity contribution < 1.29 is 4.79 Å². The fraction of sp³-hybridized carbons (Fsp3) is 0.667. The van der Waals surface area contributed by atoms with Crippen molar-refractivity contribution in [1.82, 2.24) is 4.90 Å². The first-order valence-electron chi connectivity index (χ1n) is 9.77. The van der Waals surface area contributed by atoms with Crippen LogP contribution in [0.1, 0.15) is 57.9 Å². The Labute approximate surface area is 145 Å². The van der Waals surface area contributed by atoms with Crippen LogP contribution in [0.2, 0.25) is 0 Å². The molecule has 1 aliphatic carbocycles. The molecule has 1 aromatic rings. The van der Waals surface area contributed by atoms with E-state index < -0.39 is 0 Å². The molecule has 4 aliphatic rings. The van der Waals surface area contributed by atoms with Crippen molar-refractivity contribution in [3.8, 4) is 0 Å². The number of amides is 1. The van der Waals surface area contributed by atoms with Crippen molar-refractivity contribution >= 4 is 11.6 Å². The van der Waals surface area contributed by atoms with Crippen LogP contribution >= 0.6 is 0 Å². The minimum absolute atomic E-state index is 0.178. The average Bonchev–Trinajstić information content (AvgIpc) is 3.13. The van der Waals surface area contributed by atoms with Crippen molar-refractivity contribution in [2.75, 3.05) is 18.0 Å². The van der Waals surface area contributed by atoms with Crippen LogP contribution in [0.5, 0.6) is 0 Å². The zero-order valence-electron chi connectivity index (χ0n) is 14.9. The lowest BCUT2D eigenvalue weighted by atomic mass is 9.52. The Kier molecular flexibility index (Phi) is 3.02. The summed E-state index contributed by atoms with van der Waals surface area (Å²) in [4.78, 5) is 17.5. The van der Waals surface area contributed by atoms with Crippen LogP contribution in [0.3, 0.4) is 0 Å². The van der Waals surface area contributed by atoms with Gasteiger partial charge in [-0.05, 0) is 68.7 Å². The highest BCUT2D eigenvalue weighted by Gasteiger charge is 2.68. The third-order valence-corrected chi connectivity index (χ3v) is 7.90. The van der Waals surface area contributed by atoms with E-state index in [2.05, 4.69) is 41.0 Å². The largest absolute Gasteiger partial charge is 0.308 e. The van der Waals surface area contributed by atoms with E-state index in [1.165, 1.54) is 62.9 Å². The highest BCUT2D eigenvalue weighted by Crippen LogP contribution is 2.65. The number of carbonyl (C=O) groups excluding carboxylic acids is 1. The Morgan fingerprint density at radius 3 is 2.83 bits per heavy atom. The maximum Gasteiger partial charge on any atom is 0.224 e. The number of para-hydroxylation sites is 1. The van der Waals surface area contributed by atoms with Crippen LogP contribution in [-0.4, -0.2) is 36.0 Å². The fourth-order valence-electron chi connectivity index (χ4n) is 7.16. The third-order valence-electron chi connectivity index (χ3n) is 7.90. The second-order valence-electron chi connectivity index (χ2n) is 8.51. The summed E-state index contributed by atoms with van der Waals surface area (Å²) in [7, 11) is 0. The van der Waals surface area contributed by atoms with Gasteiger partial charge in [0.25, 0.3) is 0 Å². The molecule has 3 heterocycles. The van der Waals surface area contributed by atoms with Crippen LogP contribution in [-0.2, 0) is 10.2 Å². The van der Waals surface area contributed by atoms with Gasteiger partial charge >= 0.3 is 0 Å². The van der Waals surface area contributed by atoms with Crippen molar-refractivity contribution in [2.45, 2.75) is 69.9 Å². The fourth-order valence-corrected chi connectivity index (χ4v) is 7.16. The minimum atomic E-state index is 0.178. The van der Waals surface area contributed by atoms with Crippen molar-refractivity contribution in [2.24, 2.45) is 5.41 Å². The van der Waals surface area contributed by atoms with E-state index >= 15 is 0 Å². The molecule has 3 aliphatic heterocycles. The molecule has 0 aromatic heterocycles. The molecule has 3 heteroatoms. The summed E-state index contributed by atoms with van der Waals surface area (Å²) in [5.74, 6) is 0.225. The van der Waals surface area contributed by atoms with E-state index in [9.17, 15) is 4.79 Å². The summed E-state index contributed by atoms with van der Waals surface area (Å²) in [6, 6.07) is 9.80. The topological polar surface area (TPSA) is 23.6 Å². The van der Waals surface area contributed by atoms with Gasteiger partial charge in [0.1, 0.15) is 0 Å². The Hall–Kier alpha value is -1.35. The number of nitrogens with zero attached hydrogens (tertiary/aromatic N) is 2. The van der Waals surface area contributed by atoms with Crippen molar-refractivity contribution in [1.29, 1.82) is 0 Å². The number of benzene rings is 1. The quantitative estimate of drug-likeness (QED) is 0.786. The van der Waals surface area contributed by atoms with Gasteiger partial charge in [0.05, 0.1) is 0 Å². The van der Waals surface area contributed by atoms with Crippen LogP contribution in [0, 0.1) is 5.41 Å². The molecule has 1 amide bonds. The third kappa shape index (κ3) is 1.55. The van der Waals surface area contributed by atoms with Gasteiger partial charge in [0.2, 0.25) is 5.91 Å². The first-order valence-corrected chi connectivity index (χ1v) is 9.77. The molecular weight excluding hydrogens is 296 g/mol. The summed E-state index contributed by atoms with van der Waals surface area (Å²) in [6.07, 6.45) is 7.70. The number of anilines is 1. The van der Waals surface area contributed by atoms with Crippen molar-refractivity contribution in [3.63, 3.8) is 0 Å². The van der Waals surface area contributed by atoms with E-state index in [-0.39, 0.29) is 11.3 Å². The van der Waals surface area contributed by atoms with Gasteiger partial charge < -0.3 is 4.90 Å². The van der Waals surface area contributed by atoms with Gasteiger partial charge in [0, 0.05) is 30.1 Å². The van der Waals surface area contributed by atoms with Crippen LogP contribution in [0.4, 0.5) is 5.69 Å². The zero-order valence-corrected chi connectivity index (χ0v) is 14.9. The molecule has 1 spiro atoms. The summed E-state index contributed by atoms with van der Waals surface area (Å²) < 4.78 is 0. The lowest BCUT2D eigenvalue weighted by Crippen LogP contribution is -2.65. The van der Waals surface area contributed by atoms with Gasteiger partial charge in [-0.15, -0.1) is 0 Å². The van der Waals surface area contributed by atoms with Gasteiger partial charge in [-0.25, -0.2) is 0 Å². The molecule has 2 saturated heterocycles. The molecule has 1 saturated carbocycles. The molecular formula is C21H28N2O. The summed E-state index contributed by atoms with van der Waals surface area (Å²) >= 11 is 0. The van der Waals surface area contributed by atoms with Gasteiger partial charge in [-0.1, -0.05) is 25.1 Å². The number of fused-ring (bicyclic) bond motifs is 1. The minimum Gasteiger partial charge on any atom is -0.308 e. The lowest BCUT2D eigenvalue weighted by molar-refractivity contribution is -0.118. The van der Waals surface area contributed by atoms with Gasteiger partial charge in [-0.3, -0.25) is 9.69 Å². The normalized spacial score (nSPS) is 40.2.